The summed E-state index contributed by atoms with van der Waals surface area (Å²) in [6, 6.07) is 4.17. The molecule has 0 unspecified atom stereocenters. The van der Waals surface area contributed by atoms with E-state index in [2.05, 4.69) is 56.2 Å². The van der Waals surface area contributed by atoms with E-state index in [-0.39, 0.29) is 0 Å². The van der Waals surface area contributed by atoms with Crippen molar-refractivity contribution >= 4 is 37.7 Å². The van der Waals surface area contributed by atoms with Crippen LogP contribution in [0.25, 0.3) is 0 Å². The zero-order chi connectivity index (χ0) is 11.0. The average Bonchev–Trinajstić information content (AvgIpc) is 2.50. The van der Waals surface area contributed by atoms with Crippen LogP contribution < -0.4 is 11.2 Å². The molecule has 1 aromatic carbocycles. The highest BCUT2D eigenvalue weighted by Gasteiger charge is 2.25. The predicted molar refractivity (Wildman–Crippen MR) is 68.0 cm³/mol. The summed E-state index contributed by atoms with van der Waals surface area (Å²) in [6.07, 6.45) is 0. The van der Waals surface area contributed by atoms with Crippen LogP contribution in [0.15, 0.2) is 21.1 Å². The molecule has 80 valence electrons. The van der Waals surface area contributed by atoms with Gasteiger partial charge in [-0.2, -0.15) is 4.68 Å². The van der Waals surface area contributed by atoms with E-state index in [0.29, 0.717) is 0 Å². The van der Waals surface area contributed by atoms with E-state index in [1.54, 1.807) is 4.68 Å². The maximum atomic E-state index is 5.88. The van der Waals surface area contributed by atoms with Crippen LogP contribution in [0.5, 0.6) is 0 Å². The Morgan fingerprint density at radius 1 is 1.33 bits per heavy atom. The Balaban J connectivity index is 2.58. The Bertz CT molecular complexity index is 417. The van der Waals surface area contributed by atoms with Crippen LogP contribution in [0, 0.1) is 6.92 Å². The number of nitrogens with one attached hydrogen (secondary N) is 1. The fourth-order valence-corrected chi connectivity index (χ4v) is 3.46. The van der Waals surface area contributed by atoms with E-state index in [1.165, 1.54) is 5.56 Å². The van der Waals surface area contributed by atoms with Gasteiger partial charge in [-0.3, -0.25) is 11.2 Å². The van der Waals surface area contributed by atoms with Crippen molar-refractivity contribution in [2.75, 3.05) is 13.1 Å². The number of hydrazine groups is 1. The number of halogens is 2. The molecule has 0 aliphatic carbocycles. The first-order valence-corrected chi connectivity index (χ1v) is 6.27. The minimum atomic E-state index is 0.835. The molecule has 0 fully saturated rings. The molecular weight excluding hydrogens is 322 g/mol. The second-order valence-electron chi connectivity index (χ2n) is 3.57. The number of amidine groups is 1. The maximum Gasteiger partial charge on any atom is 0.302 e. The molecule has 0 saturated heterocycles. The number of hydrazone groups is 1. The molecule has 2 rings (SSSR count). The predicted octanol–water partition coefficient (Wildman–Crippen LogP) is 1.76. The minimum Gasteiger partial charge on any atom is -0.273 e. The SMILES string of the molecule is Cc1cc(Br)c(C2=[N+](N)CCN2)c(Br)c1. The zero-order valence-electron chi connectivity index (χ0n) is 8.35. The molecule has 0 atom stereocenters. The van der Waals surface area contributed by atoms with Gasteiger partial charge in [0.2, 0.25) is 0 Å². The summed E-state index contributed by atoms with van der Waals surface area (Å²) in [5, 5.41) is 3.28. The first-order valence-electron chi connectivity index (χ1n) is 4.68. The Labute approximate surface area is 106 Å². The van der Waals surface area contributed by atoms with E-state index < -0.39 is 0 Å². The van der Waals surface area contributed by atoms with Crippen LogP contribution in [0.3, 0.4) is 0 Å². The molecule has 1 aliphatic heterocycles. The van der Waals surface area contributed by atoms with Gasteiger partial charge in [-0.15, -0.1) is 0 Å². The van der Waals surface area contributed by atoms with Crippen molar-refractivity contribution in [2.45, 2.75) is 6.92 Å². The number of aryl methyl sites for hydroxylation is 1. The van der Waals surface area contributed by atoms with Gasteiger partial charge in [0.15, 0.2) is 0 Å². The lowest BCUT2D eigenvalue weighted by molar-refractivity contribution is -0.529. The molecule has 1 aliphatic rings. The van der Waals surface area contributed by atoms with Crippen LogP contribution in [0.1, 0.15) is 11.1 Å². The smallest absolute Gasteiger partial charge is 0.273 e. The van der Waals surface area contributed by atoms with Crippen LogP contribution in [0.4, 0.5) is 0 Å². The Kier molecular flexibility index (Phi) is 3.02. The van der Waals surface area contributed by atoms with Gasteiger partial charge in [0.05, 0.1) is 5.56 Å². The quantitative estimate of drug-likeness (QED) is 0.607. The van der Waals surface area contributed by atoms with Crippen molar-refractivity contribution in [3.63, 3.8) is 0 Å². The molecule has 0 aromatic heterocycles. The summed E-state index contributed by atoms with van der Waals surface area (Å²) in [4.78, 5) is 0. The number of rotatable bonds is 1. The molecule has 0 saturated carbocycles. The van der Waals surface area contributed by atoms with Crippen molar-refractivity contribution in [1.29, 1.82) is 0 Å². The van der Waals surface area contributed by atoms with Gasteiger partial charge in [0, 0.05) is 8.95 Å². The molecule has 5 heteroatoms. The van der Waals surface area contributed by atoms with Gasteiger partial charge in [-0.25, -0.2) is 0 Å². The van der Waals surface area contributed by atoms with Crippen molar-refractivity contribution in [1.82, 2.24) is 5.32 Å². The highest BCUT2D eigenvalue weighted by Crippen LogP contribution is 2.27. The number of hydrogen-bond acceptors (Lipinski definition) is 2. The summed E-state index contributed by atoms with van der Waals surface area (Å²) in [7, 11) is 0. The van der Waals surface area contributed by atoms with E-state index in [1.807, 2.05) is 0 Å². The van der Waals surface area contributed by atoms with Crippen LogP contribution in [0.2, 0.25) is 0 Å². The molecule has 0 radical (unpaired) electrons. The molecule has 0 bridgehead atoms. The number of nitrogens with two attached hydrogens (primary N) is 1. The highest BCUT2D eigenvalue weighted by molar-refractivity contribution is 9.11. The molecule has 1 aromatic rings. The minimum absolute atomic E-state index is 0.835. The third-order valence-electron chi connectivity index (χ3n) is 2.36. The van der Waals surface area contributed by atoms with Crippen molar-refractivity contribution in [2.24, 2.45) is 5.84 Å². The zero-order valence-corrected chi connectivity index (χ0v) is 11.5. The molecule has 1 heterocycles. The van der Waals surface area contributed by atoms with Gasteiger partial charge in [0.25, 0.3) is 0 Å². The lowest BCUT2D eigenvalue weighted by atomic mass is 10.1. The standard InChI is InChI=1S/C10H11Br2N3/c1-6-4-7(11)9(8(12)5-6)10-14-2-3-15(10)13/h4-5H,2-3,13H2,1H3/p+1. The molecule has 0 spiro atoms. The van der Waals surface area contributed by atoms with Crippen LogP contribution in [-0.4, -0.2) is 23.6 Å². The summed E-state index contributed by atoms with van der Waals surface area (Å²) >= 11 is 7.12. The third kappa shape index (κ3) is 2.03. The average molecular weight is 334 g/mol. The van der Waals surface area contributed by atoms with E-state index in [4.69, 9.17) is 5.84 Å². The summed E-state index contributed by atoms with van der Waals surface area (Å²) < 4.78 is 3.84. The Morgan fingerprint density at radius 3 is 2.40 bits per heavy atom. The summed E-state index contributed by atoms with van der Waals surface area (Å²) in [6.45, 7) is 3.78. The second kappa shape index (κ2) is 4.14. The van der Waals surface area contributed by atoms with Crippen LogP contribution >= 0.6 is 31.9 Å². The van der Waals surface area contributed by atoms with E-state index >= 15 is 0 Å². The van der Waals surface area contributed by atoms with E-state index in [0.717, 1.165) is 33.4 Å². The molecule has 3 N–H and O–H groups in total. The summed E-state index contributed by atoms with van der Waals surface area (Å²) in [5.41, 5.74) is 2.29. The van der Waals surface area contributed by atoms with Crippen LogP contribution in [-0.2, 0) is 0 Å². The number of benzene rings is 1. The van der Waals surface area contributed by atoms with E-state index in [9.17, 15) is 0 Å². The normalized spacial score (nSPS) is 15.7. The van der Waals surface area contributed by atoms with Crippen molar-refractivity contribution < 1.29 is 4.68 Å². The Morgan fingerprint density at radius 2 is 1.93 bits per heavy atom. The number of nitrogens with zero attached hydrogens (tertiary/aromatic N) is 1. The monoisotopic (exact) mass is 332 g/mol. The van der Waals surface area contributed by atoms with Gasteiger partial charge >= 0.3 is 5.84 Å². The number of hydrogen-bond donors (Lipinski definition) is 2. The largest absolute Gasteiger partial charge is 0.302 e. The van der Waals surface area contributed by atoms with Crippen molar-refractivity contribution in [3.8, 4) is 0 Å². The summed E-state index contributed by atoms with van der Waals surface area (Å²) in [5.74, 6) is 6.85. The fraction of sp³-hybridized carbons (Fsp3) is 0.300. The fourth-order valence-electron chi connectivity index (χ4n) is 1.67. The van der Waals surface area contributed by atoms with Gasteiger partial charge in [-0.05, 0) is 56.5 Å². The van der Waals surface area contributed by atoms with Crippen molar-refractivity contribution in [3.05, 3.63) is 32.2 Å². The molecule has 0 amide bonds. The van der Waals surface area contributed by atoms with Gasteiger partial charge in [-0.1, -0.05) is 0 Å². The molecule has 15 heavy (non-hydrogen) atoms. The highest BCUT2D eigenvalue weighted by atomic mass is 79.9. The van der Waals surface area contributed by atoms with Gasteiger partial charge in [0.1, 0.15) is 13.1 Å². The molecule has 3 nitrogen and oxygen atoms in total. The first-order chi connectivity index (χ1) is 7.09. The Hall–Kier alpha value is -0.550. The third-order valence-corrected chi connectivity index (χ3v) is 3.61. The van der Waals surface area contributed by atoms with Gasteiger partial charge < -0.3 is 0 Å². The topological polar surface area (TPSA) is 41.1 Å². The maximum absolute atomic E-state index is 5.88. The lowest BCUT2D eigenvalue weighted by Gasteiger charge is -2.06. The lowest BCUT2D eigenvalue weighted by Crippen LogP contribution is -2.28. The second-order valence-corrected chi connectivity index (χ2v) is 5.28. The first kappa shape index (κ1) is 11.0. The molecular formula is C10H12Br2N3+.